The van der Waals surface area contributed by atoms with Crippen LogP contribution in [0.5, 0.6) is 0 Å². The molecule has 1 unspecified atom stereocenters. The molecule has 13 nitrogen and oxygen atoms in total. The van der Waals surface area contributed by atoms with Crippen LogP contribution in [0.4, 0.5) is 5.69 Å². The zero-order chi connectivity index (χ0) is 38.4. The highest BCUT2D eigenvalue weighted by Gasteiger charge is 2.27. The zero-order valence-electron chi connectivity index (χ0n) is 30.3. The summed E-state index contributed by atoms with van der Waals surface area (Å²) in [5, 5.41) is 11.0. The zero-order valence-corrected chi connectivity index (χ0v) is 30.3. The van der Waals surface area contributed by atoms with E-state index in [2.05, 4.69) is 37.8 Å². The van der Waals surface area contributed by atoms with Gasteiger partial charge in [0.25, 0.3) is 5.91 Å². The second-order valence-corrected chi connectivity index (χ2v) is 13.3. The Kier molecular flexibility index (Phi) is 11.8. The molecule has 0 spiro atoms. The van der Waals surface area contributed by atoms with E-state index in [4.69, 9.17) is 11.5 Å². The largest absolute Gasteiger partial charge is 0.368 e. The normalized spacial score (nSPS) is 14.9. The monoisotopic (exact) mass is 716 g/mol. The standard InChI is InChI=1S/C40H44N8O5/c1-21(2)27-9-11-28(12-10-27)38-44-23(4)35(24(5)45-38)40(53)47-31(13-14-41)39(52)48-36-22(3)15-26-17-30(36)29-8-6-7-25(16-29)19-33(49)43-20-34(50)46-32(18-26)37(42)51/h6-12,15-17,31-32H,1,13-14,18-20,41H2,2-5H3,(H2,42,51)(H,43,49)(H,46,50)(H,47,53)(H,48,52)/t31-,32?/m0/s1. The Morgan fingerprint density at radius 1 is 0.943 bits per heavy atom. The fourth-order valence-electron chi connectivity index (χ4n) is 6.31. The fraction of sp³-hybridized carbons (Fsp3) is 0.275. The maximum absolute atomic E-state index is 14.0. The Labute approximate surface area is 308 Å². The summed E-state index contributed by atoms with van der Waals surface area (Å²) >= 11 is 0. The molecule has 4 bridgehead atoms. The number of nitrogens with two attached hydrogens (primary N) is 2. The number of allylic oxidation sites excluding steroid dienone is 1. The molecule has 13 heteroatoms. The number of hydrogen-bond donors (Lipinski definition) is 6. The summed E-state index contributed by atoms with van der Waals surface area (Å²) in [6.45, 7) is 10.9. The molecule has 0 radical (unpaired) electrons. The lowest BCUT2D eigenvalue weighted by Crippen LogP contribution is -2.49. The van der Waals surface area contributed by atoms with E-state index < -0.39 is 35.7 Å². The van der Waals surface area contributed by atoms with Gasteiger partial charge in [-0.05, 0) is 74.5 Å². The number of anilines is 1. The number of aromatic nitrogens is 2. The molecule has 0 saturated carbocycles. The smallest absolute Gasteiger partial charge is 0.255 e. The number of carbonyl (C=O) groups is 5. The van der Waals surface area contributed by atoms with E-state index in [9.17, 15) is 24.0 Å². The number of amides is 5. The van der Waals surface area contributed by atoms with E-state index in [0.29, 0.717) is 50.7 Å². The maximum Gasteiger partial charge on any atom is 0.255 e. The van der Waals surface area contributed by atoms with Crippen LogP contribution in [0.25, 0.3) is 28.1 Å². The molecule has 2 heterocycles. The predicted octanol–water partition coefficient (Wildman–Crippen LogP) is 3.04. The Morgan fingerprint density at radius 2 is 1.64 bits per heavy atom. The van der Waals surface area contributed by atoms with E-state index in [1.54, 1.807) is 39.0 Å². The van der Waals surface area contributed by atoms with Crippen LogP contribution in [0.15, 0.2) is 67.2 Å². The number of nitrogens with one attached hydrogen (secondary N) is 4. The van der Waals surface area contributed by atoms with Crippen LogP contribution >= 0.6 is 0 Å². The average molecular weight is 717 g/mol. The first-order valence-corrected chi connectivity index (χ1v) is 17.3. The van der Waals surface area contributed by atoms with Crippen LogP contribution < -0.4 is 32.7 Å². The van der Waals surface area contributed by atoms with Crippen molar-refractivity contribution >= 4 is 40.8 Å². The second-order valence-electron chi connectivity index (χ2n) is 13.3. The van der Waals surface area contributed by atoms with Gasteiger partial charge in [0.05, 0.1) is 35.6 Å². The lowest BCUT2D eigenvalue weighted by molar-refractivity contribution is -0.128. The van der Waals surface area contributed by atoms with E-state index >= 15 is 0 Å². The van der Waals surface area contributed by atoms with Crippen LogP contribution in [-0.4, -0.2) is 64.7 Å². The van der Waals surface area contributed by atoms with Gasteiger partial charge in [-0.25, -0.2) is 9.97 Å². The average Bonchev–Trinajstić information content (AvgIpc) is 3.10. The number of rotatable bonds is 9. The fourth-order valence-corrected chi connectivity index (χ4v) is 6.31. The summed E-state index contributed by atoms with van der Waals surface area (Å²) in [7, 11) is 0. The van der Waals surface area contributed by atoms with Gasteiger partial charge in [0.2, 0.25) is 23.6 Å². The number of nitrogens with zero attached hydrogens (tertiary/aromatic N) is 2. The first kappa shape index (κ1) is 38.0. The third-order valence-corrected chi connectivity index (χ3v) is 9.02. The van der Waals surface area contributed by atoms with Crippen molar-refractivity contribution in [1.82, 2.24) is 25.9 Å². The number of aryl methyl sites for hydroxylation is 3. The number of benzene rings is 3. The number of carbonyl (C=O) groups excluding carboxylic acids is 5. The molecular formula is C40H44N8O5. The molecule has 8 N–H and O–H groups in total. The third kappa shape index (κ3) is 9.18. The van der Waals surface area contributed by atoms with Crippen molar-refractivity contribution in [1.29, 1.82) is 0 Å². The molecule has 1 aromatic heterocycles. The first-order valence-electron chi connectivity index (χ1n) is 17.3. The molecule has 0 fully saturated rings. The highest BCUT2D eigenvalue weighted by molar-refractivity contribution is 6.04. The quantitative estimate of drug-likeness (QED) is 0.151. The summed E-state index contributed by atoms with van der Waals surface area (Å²) in [6, 6.07) is 16.5. The Balaban J connectivity index is 1.45. The van der Waals surface area contributed by atoms with E-state index in [1.165, 1.54) is 0 Å². The maximum atomic E-state index is 14.0. The van der Waals surface area contributed by atoms with E-state index in [-0.39, 0.29) is 43.8 Å². The SMILES string of the molecule is C=C(C)c1ccc(-c2nc(C)c(C(=O)N[C@@H](CCN)C(=O)Nc3c(C)cc4cc3-c3cccc(c3)CC(=O)NCC(=O)NC(C(N)=O)C4)c(C)n2)cc1. The minimum Gasteiger partial charge on any atom is -0.368 e. The first-order chi connectivity index (χ1) is 25.2. The predicted molar refractivity (Wildman–Crippen MR) is 203 cm³/mol. The third-order valence-electron chi connectivity index (χ3n) is 9.02. The van der Waals surface area contributed by atoms with Crippen LogP contribution in [0.1, 0.15) is 57.3 Å². The van der Waals surface area contributed by atoms with Crippen molar-refractivity contribution < 1.29 is 24.0 Å². The van der Waals surface area contributed by atoms with Gasteiger partial charge in [0, 0.05) is 17.5 Å². The minimum absolute atomic E-state index is 0.00382. The van der Waals surface area contributed by atoms with Gasteiger partial charge in [-0.1, -0.05) is 66.7 Å². The van der Waals surface area contributed by atoms with Gasteiger partial charge in [0.15, 0.2) is 5.82 Å². The highest BCUT2D eigenvalue weighted by atomic mass is 16.2. The van der Waals surface area contributed by atoms with E-state index in [1.807, 2.05) is 49.4 Å². The van der Waals surface area contributed by atoms with Crippen LogP contribution in [-0.2, 0) is 32.0 Å². The Morgan fingerprint density at radius 3 is 2.28 bits per heavy atom. The van der Waals surface area contributed by atoms with Crippen molar-refractivity contribution in [2.24, 2.45) is 11.5 Å². The van der Waals surface area contributed by atoms with Gasteiger partial charge < -0.3 is 32.7 Å². The number of primary amides is 1. The lowest BCUT2D eigenvalue weighted by atomic mass is 9.93. The van der Waals surface area contributed by atoms with Crippen molar-refractivity contribution in [3.8, 4) is 22.5 Å². The Hall–Kier alpha value is -6.21. The number of fused-ring (bicyclic) bond motifs is 5. The lowest BCUT2D eigenvalue weighted by Gasteiger charge is -2.23. The van der Waals surface area contributed by atoms with Crippen molar-refractivity contribution in [2.75, 3.05) is 18.4 Å². The van der Waals surface area contributed by atoms with Gasteiger partial charge in [-0.3, -0.25) is 24.0 Å². The molecule has 3 aromatic carbocycles. The highest BCUT2D eigenvalue weighted by Crippen LogP contribution is 2.34. The molecule has 5 rings (SSSR count). The molecule has 53 heavy (non-hydrogen) atoms. The van der Waals surface area contributed by atoms with Gasteiger partial charge >= 0.3 is 0 Å². The molecular weight excluding hydrogens is 672 g/mol. The molecule has 1 aliphatic heterocycles. The summed E-state index contributed by atoms with van der Waals surface area (Å²) in [5.41, 5.74) is 19.2. The topological polar surface area (TPSA) is 211 Å². The summed E-state index contributed by atoms with van der Waals surface area (Å²) < 4.78 is 0. The Bertz CT molecular complexity index is 2090. The molecule has 274 valence electrons. The van der Waals surface area contributed by atoms with Crippen LogP contribution in [0, 0.1) is 20.8 Å². The molecule has 1 aliphatic rings. The van der Waals surface area contributed by atoms with Crippen molar-refractivity contribution in [2.45, 2.75) is 59.0 Å². The second kappa shape index (κ2) is 16.4. The van der Waals surface area contributed by atoms with Crippen molar-refractivity contribution in [3.63, 3.8) is 0 Å². The molecule has 2 atom stereocenters. The van der Waals surface area contributed by atoms with E-state index in [0.717, 1.165) is 16.7 Å². The minimum atomic E-state index is -1.04. The van der Waals surface area contributed by atoms with Crippen LogP contribution in [0.3, 0.4) is 0 Å². The van der Waals surface area contributed by atoms with Gasteiger partial charge in [-0.15, -0.1) is 0 Å². The molecule has 0 saturated heterocycles. The summed E-state index contributed by atoms with van der Waals surface area (Å²) in [6.07, 6.45) is 0.207. The molecule has 5 amide bonds. The van der Waals surface area contributed by atoms with Gasteiger partial charge in [-0.2, -0.15) is 0 Å². The molecule has 4 aromatic rings. The summed E-state index contributed by atoms with van der Waals surface area (Å²) in [4.78, 5) is 74.5. The summed E-state index contributed by atoms with van der Waals surface area (Å²) in [5.74, 6) is -2.22. The van der Waals surface area contributed by atoms with Gasteiger partial charge in [0.1, 0.15) is 12.1 Å². The number of hydrogen-bond acceptors (Lipinski definition) is 8. The molecule has 0 aliphatic carbocycles. The van der Waals surface area contributed by atoms with Crippen molar-refractivity contribution in [3.05, 3.63) is 106 Å². The van der Waals surface area contributed by atoms with Crippen LogP contribution in [0.2, 0.25) is 0 Å².